The van der Waals surface area contributed by atoms with Gasteiger partial charge in [0.05, 0.1) is 17.5 Å². The predicted molar refractivity (Wildman–Crippen MR) is 113 cm³/mol. The molecule has 1 aromatic heterocycles. The number of benzene rings is 2. The summed E-state index contributed by atoms with van der Waals surface area (Å²) in [6, 6.07) is 7.76. The van der Waals surface area contributed by atoms with Gasteiger partial charge in [-0.25, -0.2) is 4.98 Å². The van der Waals surface area contributed by atoms with Crippen molar-refractivity contribution in [3.05, 3.63) is 89.0 Å². The van der Waals surface area contributed by atoms with Gasteiger partial charge in [0.1, 0.15) is 6.04 Å². The first-order valence-electron chi connectivity index (χ1n) is 10.3. The Bertz CT molecular complexity index is 1110. The van der Waals surface area contributed by atoms with E-state index in [9.17, 15) is 35.9 Å². The molecule has 0 saturated carbocycles. The van der Waals surface area contributed by atoms with Crippen molar-refractivity contribution in [2.45, 2.75) is 31.2 Å². The summed E-state index contributed by atoms with van der Waals surface area (Å²) in [5.74, 6) is -1.89. The summed E-state index contributed by atoms with van der Waals surface area (Å²) in [7, 11) is 0. The van der Waals surface area contributed by atoms with Crippen LogP contribution in [-0.4, -0.2) is 34.4 Å². The quantitative estimate of drug-likeness (QED) is 0.408. The number of nitrogens with one attached hydrogen (secondary N) is 3. The average molecular weight is 498 g/mol. The Kier molecular flexibility index (Phi) is 7.82. The zero-order valence-corrected chi connectivity index (χ0v) is 18.0. The van der Waals surface area contributed by atoms with Crippen LogP contribution in [0.2, 0.25) is 0 Å². The highest BCUT2D eigenvalue weighted by Gasteiger charge is 2.37. The van der Waals surface area contributed by atoms with Crippen molar-refractivity contribution in [1.82, 2.24) is 20.6 Å². The van der Waals surface area contributed by atoms with E-state index in [4.69, 9.17) is 0 Å². The molecule has 1 heterocycles. The van der Waals surface area contributed by atoms with Gasteiger partial charge < -0.3 is 15.6 Å². The fourth-order valence-corrected chi connectivity index (χ4v) is 3.25. The van der Waals surface area contributed by atoms with Crippen LogP contribution in [0.1, 0.15) is 32.7 Å². The van der Waals surface area contributed by atoms with Crippen LogP contribution in [0.25, 0.3) is 0 Å². The number of hydrogen-bond acceptors (Lipinski definition) is 3. The third-order valence-electron chi connectivity index (χ3n) is 5.00. The van der Waals surface area contributed by atoms with E-state index in [2.05, 4.69) is 20.6 Å². The summed E-state index contributed by atoms with van der Waals surface area (Å²) in [5.41, 5.74) is -2.75. The molecule has 186 valence electrons. The van der Waals surface area contributed by atoms with E-state index in [1.807, 2.05) is 0 Å². The number of hydrogen-bond donors (Lipinski definition) is 3. The van der Waals surface area contributed by atoms with Gasteiger partial charge in [0.25, 0.3) is 5.91 Å². The smallest absolute Gasteiger partial charge is 0.354 e. The van der Waals surface area contributed by atoms with E-state index in [1.165, 1.54) is 6.33 Å². The maximum atomic E-state index is 13.2. The topological polar surface area (TPSA) is 86.9 Å². The molecular weight excluding hydrogens is 478 g/mol. The lowest BCUT2D eigenvalue weighted by Crippen LogP contribution is -2.48. The van der Waals surface area contributed by atoms with Crippen molar-refractivity contribution in [3.63, 3.8) is 0 Å². The predicted octanol–water partition coefficient (Wildman–Crippen LogP) is 4.15. The van der Waals surface area contributed by atoms with Gasteiger partial charge in [-0.05, 0) is 23.8 Å². The molecule has 2 amide bonds. The Morgan fingerprint density at radius 3 is 2.11 bits per heavy atom. The summed E-state index contributed by atoms with van der Waals surface area (Å²) < 4.78 is 79.0. The highest BCUT2D eigenvalue weighted by molar-refractivity contribution is 5.98. The Morgan fingerprint density at radius 1 is 0.943 bits per heavy atom. The van der Waals surface area contributed by atoms with Gasteiger partial charge in [-0.3, -0.25) is 9.59 Å². The second-order valence-electron chi connectivity index (χ2n) is 7.63. The Hall–Kier alpha value is -3.83. The molecule has 0 radical (unpaired) electrons. The molecule has 0 bridgehead atoms. The molecule has 1 atom stereocenters. The standard InChI is InChI=1S/C23H20F6N4O2/c24-22(25,26)16-9-15(10-17(11-16)23(27,28)29)20(34)33-19(8-14-4-2-1-3-5-14)21(35)31-7-6-18-12-30-13-32-18/h1-5,9-13,19H,6-8H2,(H,30,32)(H,31,35)(H,33,34)/t19-/m0/s1. The fourth-order valence-electron chi connectivity index (χ4n) is 3.25. The molecule has 0 unspecified atom stereocenters. The molecular formula is C23H20F6N4O2. The minimum absolute atomic E-state index is 0.0342. The minimum atomic E-state index is -5.11. The van der Waals surface area contributed by atoms with E-state index >= 15 is 0 Å². The average Bonchev–Trinajstić information content (AvgIpc) is 3.31. The summed E-state index contributed by atoms with van der Waals surface area (Å²) in [6.07, 6.45) is -6.84. The van der Waals surface area contributed by atoms with Gasteiger partial charge in [0.15, 0.2) is 0 Å². The number of halogens is 6. The number of alkyl halides is 6. The van der Waals surface area contributed by atoms with Crippen molar-refractivity contribution >= 4 is 11.8 Å². The third-order valence-corrected chi connectivity index (χ3v) is 5.00. The zero-order chi connectivity index (χ0) is 25.6. The van der Waals surface area contributed by atoms with Crippen LogP contribution in [0.15, 0.2) is 61.1 Å². The minimum Gasteiger partial charge on any atom is -0.354 e. The summed E-state index contributed by atoms with van der Waals surface area (Å²) in [4.78, 5) is 32.2. The van der Waals surface area contributed by atoms with Crippen LogP contribution in [0.5, 0.6) is 0 Å². The molecule has 0 spiro atoms. The molecule has 3 rings (SSSR count). The summed E-state index contributed by atoms with van der Waals surface area (Å²) in [5, 5.41) is 4.88. The van der Waals surface area contributed by atoms with Crippen LogP contribution in [0.4, 0.5) is 26.3 Å². The van der Waals surface area contributed by atoms with Crippen molar-refractivity contribution in [2.75, 3.05) is 6.54 Å². The molecule has 12 heteroatoms. The van der Waals surface area contributed by atoms with E-state index in [1.54, 1.807) is 36.5 Å². The number of rotatable bonds is 8. The monoisotopic (exact) mass is 498 g/mol. The number of amides is 2. The number of aromatic nitrogens is 2. The first-order chi connectivity index (χ1) is 16.4. The van der Waals surface area contributed by atoms with Crippen molar-refractivity contribution < 1.29 is 35.9 Å². The molecule has 0 saturated heterocycles. The third kappa shape index (κ3) is 7.33. The molecule has 0 fully saturated rings. The van der Waals surface area contributed by atoms with E-state index in [0.717, 1.165) is 5.69 Å². The van der Waals surface area contributed by atoms with Gasteiger partial charge in [-0.2, -0.15) is 26.3 Å². The number of imidazole rings is 1. The summed E-state index contributed by atoms with van der Waals surface area (Å²) >= 11 is 0. The van der Waals surface area contributed by atoms with E-state index in [-0.39, 0.29) is 19.0 Å². The Balaban J connectivity index is 1.82. The maximum Gasteiger partial charge on any atom is 0.416 e. The van der Waals surface area contributed by atoms with Gasteiger partial charge in [-0.1, -0.05) is 30.3 Å². The van der Waals surface area contributed by atoms with Gasteiger partial charge in [0.2, 0.25) is 5.91 Å². The highest BCUT2D eigenvalue weighted by Crippen LogP contribution is 2.36. The Labute approximate surface area is 195 Å². The molecule has 6 nitrogen and oxygen atoms in total. The first-order valence-corrected chi connectivity index (χ1v) is 10.3. The maximum absolute atomic E-state index is 13.2. The lowest BCUT2D eigenvalue weighted by Gasteiger charge is -2.20. The summed E-state index contributed by atoms with van der Waals surface area (Å²) in [6.45, 7) is 0.157. The molecule has 3 N–H and O–H groups in total. The van der Waals surface area contributed by atoms with Crippen LogP contribution in [0.3, 0.4) is 0 Å². The van der Waals surface area contributed by atoms with Crippen LogP contribution < -0.4 is 10.6 Å². The zero-order valence-electron chi connectivity index (χ0n) is 18.0. The number of carbonyl (C=O) groups excluding carboxylic acids is 2. The first kappa shape index (κ1) is 25.8. The lowest BCUT2D eigenvalue weighted by molar-refractivity contribution is -0.143. The van der Waals surface area contributed by atoms with Crippen molar-refractivity contribution in [2.24, 2.45) is 0 Å². The van der Waals surface area contributed by atoms with E-state index in [0.29, 0.717) is 24.1 Å². The van der Waals surface area contributed by atoms with Gasteiger partial charge >= 0.3 is 12.4 Å². The van der Waals surface area contributed by atoms with Crippen LogP contribution in [-0.2, 0) is 30.0 Å². The molecule has 0 aliphatic rings. The normalized spacial score (nSPS) is 12.7. The fraction of sp³-hybridized carbons (Fsp3) is 0.261. The van der Waals surface area contributed by atoms with Gasteiger partial charge in [0, 0.05) is 36.8 Å². The number of carbonyl (C=O) groups is 2. The highest BCUT2D eigenvalue weighted by atomic mass is 19.4. The molecule has 0 aliphatic heterocycles. The van der Waals surface area contributed by atoms with Gasteiger partial charge in [-0.15, -0.1) is 0 Å². The second kappa shape index (κ2) is 10.6. The molecule has 3 aromatic rings. The SMILES string of the molecule is O=C(N[C@@H](Cc1ccccc1)C(=O)NCCc1cnc[nH]1)c1cc(C(F)(F)F)cc(C(F)(F)F)c1. The number of aromatic amines is 1. The number of nitrogens with zero attached hydrogens (tertiary/aromatic N) is 1. The second-order valence-corrected chi connectivity index (χ2v) is 7.63. The lowest BCUT2D eigenvalue weighted by atomic mass is 10.0. The largest absolute Gasteiger partial charge is 0.416 e. The number of H-pyrrole nitrogens is 1. The molecule has 0 aliphatic carbocycles. The van der Waals surface area contributed by atoms with E-state index < -0.39 is 46.9 Å². The molecule has 35 heavy (non-hydrogen) atoms. The molecule has 2 aromatic carbocycles. The van der Waals surface area contributed by atoms with Crippen molar-refractivity contribution in [1.29, 1.82) is 0 Å². The van der Waals surface area contributed by atoms with Crippen LogP contribution in [0, 0.1) is 0 Å². The Morgan fingerprint density at radius 2 is 1.57 bits per heavy atom. The van der Waals surface area contributed by atoms with Crippen molar-refractivity contribution in [3.8, 4) is 0 Å². The van der Waals surface area contributed by atoms with Crippen LogP contribution >= 0.6 is 0 Å².